The predicted octanol–water partition coefficient (Wildman–Crippen LogP) is 0.708. The van der Waals surface area contributed by atoms with Gasteiger partial charge in [0.25, 0.3) is 0 Å². The average molecular weight is 250 g/mol. The van der Waals surface area contributed by atoms with Crippen LogP contribution < -0.4 is 11.1 Å². The zero-order chi connectivity index (χ0) is 13.5. The first kappa shape index (κ1) is 14.2. The molecule has 0 aromatic heterocycles. The Labute approximate surface area is 106 Å². The maximum Gasteiger partial charge on any atom is 0.312 e. The van der Waals surface area contributed by atoms with Crippen LogP contribution >= 0.6 is 0 Å². The third kappa shape index (κ3) is 3.85. The van der Waals surface area contributed by atoms with Gasteiger partial charge in [0.1, 0.15) is 0 Å². The fraction of sp³-hybridized carbons (Fsp3) is 0.385. The molecule has 1 aromatic carbocycles. The number of carboxylic acids is 1. The number of hydrogen-bond acceptors (Lipinski definition) is 3. The number of carbonyl (C=O) groups is 2. The number of aliphatic carboxylic acids is 1. The van der Waals surface area contributed by atoms with E-state index in [0.717, 1.165) is 0 Å². The van der Waals surface area contributed by atoms with Crippen LogP contribution in [-0.2, 0) is 9.59 Å². The minimum Gasteiger partial charge on any atom is -0.481 e. The SMILES string of the molecule is CCC(N)C(=O)NCC(C(=O)O)c1ccccc1. The molecule has 0 heterocycles. The Morgan fingerprint density at radius 1 is 1.33 bits per heavy atom. The number of carbonyl (C=O) groups excluding carboxylic acids is 1. The van der Waals surface area contributed by atoms with E-state index in [1.54, 1.807) is 31.2 Å². The zero-order valence-electron chi connectivity index (χ0n) is 10.3. The third-order valence-electron chi connectivity index (χ3n) is 2.76. The van der Waals surface area contributed by atoms with E-state index in [4.69, 9.17) is 10.8 Å². The Bertz CT molecular complexity index is 406. The topological polar surface area (TPSA) is 92.4 Å². The molecule has 1 amide bonds. The quantitative estimate of drug-likeness (QED) is 0.693. The van der Waals surface area contributed by atoms with Gasteiger partial charge in [-0.05, 0) is 12.0 Å². The van der Waals surface area contributed by atoms with E-state index >= 15 is 0 Å². The van der Waals surface area contributed by atoms with Crippen molar-refractivity contribution in [3.8, 4) is 0 Å². The fourth-order valence-electron chi connectivity index (χ4n) is 1.55. The van der Waals surface area contributed by atoms with Gasteiger partial charge in [-0.1, -0.05) is 37.3 Å². The number of hydrogen-bond donors (Lipinski definition) is 3. The summed E-state index contributed by atoms with van der Waals surface area (Å²) in [6.45, 7) is 1.85. The van der Waals surface area contributed by atoms with Gasteiger partial charge in [0.05, 0.1) is 12.0 Å². The molecule has 1 aromatic rings. The molecule has 2 unspecified atom stereocenters. The number of nitrogens with two attached hydrogens (primary N) is 1. The molecule has 0 radical (unpaired) electrons. The normalized spacial score (nSPS) is 13.7. The Morgan fingerprint density at radius 3 is 2.44 bits per heavy atom. The standard InChI is InChI=1S/C13H18N2O3/c1-2-11(14)12(16)15-8-10(13(17)18)9-6-4-3-5-7-9/h3-7,10-11H,2,8,14H2,1H3,(H,15,16)(H,17,18). The molecule has 0 bridgehead atoms. The molecule has 2 atom stereocenters. The molecule has 5 heteroatoms. The molecule has 0 spiro atoms. The van der Waals surface area contributed by atoms with Crippen LogP contribution in [0.15, 0.2) is 30.3 Å². The minimum absolute atomic E-state index is 0.0475. The summed E-state index contributed by atoms with van der Waals surface area (Å²) in [6.07, 6.45) is 0.523. The van der Waals surface area contributed by atoms with Crippen LogP contribution in [0.5, 0.6) is 0 Å². The van der Waals surface area contributed by atoms with Crippen molar-refractivity contribution in [1.82, 2.24) is 5.32 Å². The average Bonchev–Trinajstić information content (AvgIpc) is 2.38. The van der Waals surface area contributed by atoms with Gasteiger partial charge in [-0.25, -0.2) is 0 Å². The van der Waals surface area contributed by atoms with E-state index in [2.05, 4.69) is 5.32 Å². The summed E-state index contributed by atoms with van der Waals surface area (Å²) >= 11 is 0. The van der Waals surface area contributed by atoms with Crippen LogP contribution in [0.3, 0.4) is 0 Å². The van der Waals surface area contributed by atoms with Gasteiger partial charge in [-0.2, -0.15) is 0 Å². The van der Waals surface area contributed by atoms with E-state index in [9.17, 15) is 9.59 Å². The summed E-state index contributed by atoms with van der Waals surface area (Å²) in [5.41, 5.74) is 6.22. The van der Waals surface area contributed by atoms with Crippen molar-refractivity contribution < 1.29 is 14.7 Å². The second kappa shape index (κ2) is 6.76. The summed E-state index contributed by atoms with van der Waals surface area (Å²) in [6, 6.07) is 8.22. The number of benzene rings is 1. The highest BCUT2D eigenvalue weighted by Gasteiger charge is 2.21. The Morgan fingerprint density at radius 2 is 1.94 bits per heavy atom. The Hall–Kier alpha value is -1.88. The van der Waals surface area contributed by atoms with E-state index < -0.39 is 17.9 Å². The summed E-state index contributed by atoms with van der Waals surface area (Å²) < 4.78 is 0. The van der Waals surface area contributed by atoms with Gasteiger partial charge in [-0.3, -0.25) is 9.59 Å². The molecule has 0 aliphatic rings. The van der Waals surface area contributed by atoms with Gasteiger partial charge in [0, 0.05) is 6.54 Å². The molecule has 0 saturated carbocycles. The second-order valence-electron chi connectivity index (χ2n) is 4.06. The molecule has 0 fully saturated rings. The molecule has 0 aliphatic heterocycles. The molecule has 18 heavy (non-hydrogen) atoms. The predicted molar refractivity (Wildman–Crippen MR) is 68.1 cm³/mol. The van der Waals surface area contributed by atoms with Crippen molar-refractivity contribution in [3.63, 3.8) is 0 Å². The maximum atomic E-state index is 11.5. The van der Waals surface area contributed by atoms with Crippen LogP contribution in [0.1, 0.15) is 24.8 Å². The largest absolute Gasteiger partial charge is 0.481 e. The van der Waals surface area contributed by atoms with E-state index in [1.165, 1.54) is 0 Å². The molecule has 0 aliphatic carbocycles. The summed E-state index contributed by atoms with van der Waals surface area (Å²) in [5.74, 6) is -2.04. The van der Waals surface area contributed by atoms with Crippen molar-refractivity contribution in [3.05, 3.63) is 35.9 Å². The van der Waals surface area contributed by atoms with Crippen LogP contribution in [0.25, 0.3) is 0 Å². The molecular weight excluding hydrogens is 232 g/mol. The van der Waals surface area contributed by atoms with Crippen molar-refractivity contribution in [1.29, 1.82) is 0 Å². The summed E-state index contributed by atoms with van der Waals surface area (Å²) in [7, 11) is 0. The van der Waals surface area contributed by atoms with Crippen LogP contribution in [0.4, 0.5) is 0 Å². The van der Waals surface area contributed by atoms with E-state index in [-0.39, 0.29) is 12.5 Å². The van der Waals surface area contributed by atoms with Gasteiger partial charge in [0.15, 0.2) is 0 Å². The van der Waals surface area contributed by atoms with Crippen molar-refractivity contribution in [2.24, 2.45) is 5.73 Å². The molecule has 1 rings (SSSR count). The number of amides is 1. The van der Waals surface area contributed by atoms with E-state index in [1.807, 2.05) is 6.07 Å². The lowest BCUT2D eigenvalue weighted by Crippen LogP contribution is -2.42. The fourth-order valence-corrected chi connectivity index (χ4v) is 1.55. The highest BCUT2D eigenvalue weighted by molar-refractivity contribution is 5.83. The first-order valence-electron chi connectivity index (χ1n) is 5.87. The second-order valence-corrected chi connectivity index (χ2v) is 4.06. The summed E-state index contributed by atoms with van der Waals surface area (Å²) in [5, 5.41) is 11.7. The van der Waals surface area contributed by atoms with Crippen molar-refractivity contribution in [2.45, 2.75) is 25.3 Å². The third-order valence-corrected chi connectivity index (χ3v) is 2.76. The minimum atomic E-state index is -0.966. The van der Waals surface area contributed by atoms with Gasteiger partial charge in [-0.15, -0.1) is 0 Å². The maximum absolute atomic E-state index is 11.5. The Kier molecular flexibility index (Phi) is 5.32. The molecule has 0 saturated heterocycles. The monoisotopic (exact) mass is 250 g/mol. The van der Waals surface area contributed by atoms with Gasteiger partial charge in [0.2, 0.25) is 5.91 Å². The lowest BCUT2D eigenvalue weighted by Gasteiger charge is -2.15. The van der Waals surface area contributed by atoms with Crippen LogP contribution in [0, 0.1) is 0 Å². The van der Waals surface area contributed by atoms with Crippen molar-refractivity contribution in [2.75, 3.05) is 6.54 Å². The van der Waals surface area contributed by atoms with Crippen LogP contribution in [0.2, 0.25) is 0 Å². The lowest BCUT2D eigenvalue weighted by molar-refractivity contribution is -0.138. The smallest absolute Gasteiger partial charge is 0.312 e. The highest BCUT2D eigenvalue weighted by Crippen LogP contribution is 2.14. The highest BCUT2D eigenvalue weighted by atomic mass is 16.4. The Balaban J connectivity index is 2.66. The lowest BCUT2D eigenvalue weighted by atomic mass is 9.99. The van der Waals surface area contributed by atoms with Crippen LogP contribution in [-0.4, -0.2) is 29.6 Å². The molecular formula is C13H18N2O3. The van der Waals surface area contributed by atoms with E-state index in [0.29, 0.717) is 12.0 Å². The molecule has 5 nitrogen and oxygen atoms in total. The van der Waals surface area contributed by atoms with Gasteiger partial charge >= 0.3 is 5.97 Å². The molecule has 98 valence electrons. The molecule has 4 N–H and O–H groups in total. The first-order chi connectivity index (χ1) is 8.56. The van der Waals surface area contributed by atoms with Crippen molar-refractivity contribution >= 4 is 11.9 Å². The number of rotatable bonds is 6. The van der Waals surface area contributed by atoms with Gasteiger partial charge < -0.3 is 16.2 Å². The first-order valence-corrected chi connectivity index (χ1v) is 5.87. The number of carboxylic acid groups (broad SMARTS) is 1. The zero-order valence-corrected chi connectivity index (χ0v) is 10.3. The summed E-state index contributed by atoms with van der Waals surface area (Å²) in [4.78, 5) is 22.7. The number of nitrogens with one attached hydrogen (secondary N) is 1.